The van der Waals surface area contributed by atoms with Crippen molar-refractivity contribution in [2.45, 2.75) is 19.8 Å². The average molecular weight is 349 g/mol. The smallest absolute Gasteiger partial charge is 0.0368 e. The topological polar surface area (TPSA) is 3.24 Å². The Balaban J connectivity index is 2.66. The lowest BCUT2D eigenvalue weighted by Crippen LogP contribution is -2.26. The molecule has 0 fully saturated rings. The van der Waals surface area contributed by atoms with E-state index in [1.165, 1.54) is 24.1 Å². The van der Waals surface area contributed by atoms with Crippen LogP contribution in [0.5, 0.6) is 0 Å². The van der Waals surface area contributed by atoms with E-state index < -0.39 is 0 Å². The Hall–Kier alpha value is -0.0200. The third-order valence-corrected chi connectivity index (χ3v) is 3.61. The van der Waals surface area contributed by atoms with Crippen LogP contribution >= 0.6 is 31.9 Å². The summed E-state index contributed by atoms with van der Waals surface area (Å²) in [6, 6.07) is 8.76. The number of rotatable bonds is 7. The van der Waals surface area contributed by atoms with Crippen LogP contribution in [-0.2, 0) is 0 Å². The zero-order valence-corrected chi connectivity index (χ0v) is 12.9. The average Bonchev–Trinajstić information content (AvgIpc) is 2.29. The van der Waals surface area contributed by atoms with E-state index in [9.17, 15) is 0 Å². The van der Waals surface area contributed by atoms with Gasteiger partial charge in [-0.25, -0.2) is 0 Å². The first-order chi connectivity index (χ1) is 7.77. The number of alkyl halides is 2. The highest BCUT2D eigenvalue weighted by Gasteiger charge is 2.05. The minimum Gasteiger partial charge on any atom is -0.371 e. The molecule has 90 valence electrons. The van der Waals surface area contributed by atoms with Gasteiger partial charge in [-0.05, 0) is 37.5 Å². The van der Waals surface area contributed by atoms with Crippen molar-refractivity contribution < 1.29 is 0 Å². The predicted octanol–water partition coefficient (Wildman–Crippen LogP) is 4.37. The second-order valence-electron chi connectivity index (χ2n) is 3.91. The number of nitrogens with zero attached hydrogens (tertiary/aromatic N) is 1. The fourth-order valence-corrected chi connectivity index (χ4v) is 2.20. The minimum atomic E-state index is 1.07. The zero-order chi connectivity index (χ0) is 11.8. The van der Waals surface area contributed by atoms with Crippen LogP contribution in [-0.4, -0.2) is 23.7 Å². The van der Waals surface area contributed by atoms with Crippen LogP contribution in [0.3, 0.4) is 0 Å². The molecular formula is C13H19Br2N. The molecule has 0 saturated heterocycles. The Morgan fingerprint density at radius 1 is 1.06 bits per heavy atom. The Labute approximate surface area is 115 Å². The molecule has 0 aliphatic carbocycles. The molecule has 1 aromatic rings. The zero-order valence-electron chi connectivity index (χ0n) is 9.76. The van der Waals surface area contributed by atoms with Crippen LogP contribution in [0.15, 0.2) is 24.3 Å². The van der Waals surface area contributed by atoms with Crippen LogP contribution < -0.4 is 4.90 Å². The van der Waals surface area contributed by atoms with Gasteiger partial charge in [0, 0.05) is 29.4 Å². The molecule has 0 radical (unpaired) electrons. The number of anilines is 1. The maximum Gasteiger partial charge on any atom is 0.0368 e. The molecule has 1 rings (SSSR count). The number of hydrogen-bond donors (Lipinski definition) is 0. The summed E-state index contributed by atoms with van der Waals surface area (Å²) in [5.74, 6) is 0. The molecule has 0 heterocycles. The second-order valence-corrected chi connectivity index (χ2v) is 5.50. The third kappa shape index (κ3) is 4.88. The van der Waals surface area contributed by atoms with Crippen molar-refractivity contribution in [1.82, 2.24) is 0 Å². The molecule has 0 aliphatic heterocycles. The van der Waals surface area contributed by atoms with Crippen molar-refractivity contribution in [3.63, 3.8) is 0 Å². The van der Waals surface area contributed by atoms with Crippen LogP contribution in [0.25, 0.3) is 0 Å². The van der Waals surface area contributed by atoms with Gasteiger partial charge in [0.2, 0.25) is 0 Å². The van der Waals surface area contributed by atoms with Crippen molar-refractivity contribution in [2.75, 3.05) is 28.6 Å². The third-order valence-electron chi connectivity index (χ3n) is 2.49. The molecule has 3 heteroatoms. The molecule has 0 N–H and O–H groups in total. The van der Waals surface area contributed by atoms with Crippen molar-refractivity contribution in [3.8, 4) is 0 Å². The first-order valence-electron chi connectivity index (χ1n) is 5.71. The van der Waals surface area contributed by atoms with E-state index in [4.69, 9.17) is 0 Å². The quantitative estimate of drug-likeness (QED) is 0.661. The molecule has 0 aromatic heterocycles. The molecule has 0 saturated carbocycles. The Morgan fingerprint density at radius 2 is 1.69 bits per heavy atom. The van der Waals surface area contributed by atoms with E-state index in [1.807, 2.05) is 0 Å². The molecule has 0 unspecified atom stereocenters. The standard InChI is InChI=1S/C13H19Br2N/c1-12-5-2-6-13(11-12)16(9-3-7-14)10-4-8-15/h2,5-6,11H,3-4,7-10H2,1H3. The lowest BCUT2D eigenvalue weighted by molar-refractivity contribution is 0.754. The van der Waals surface area contributed by atoms with Gasteiger partial charge in [0.25, 0.3) is 0 Å². The van der Waals surface area contributed by atoms with E-state index in [0.29, 0.717) is 0 Å². The predicted molar refractivity (Wildman–Crippen MR) is 80.2 cm³/mol. The summed E-state index contributed by atoms with van der Waals surface area (Å²) in [6.07, 6.45) is 2.38. The molecule has 16 heavy (non-hydrogen) atoms. The van der Waals surface area contributed by atoms with Gasteiger partial charge in [0.05, 0.1) is 0 Å². The van der Waals surface area contributed by atoms with E-state index in [2.05, 4.69) is 67.9 Å². The first-order valence-corrected chi connectivity index (χ1v) is 7.95. The van der Waals surface area contributed by atoms with Crippen molar-refractivity contribution in [1.29, 1.82) is 0 Å². The summed E-state index contributed by atoms with van der Waals surface area (Å²) in [7, 11) is 0. The van der Waals surface area contributed by atoms with Crippen LogP contribution in [0.2, 0.25) is 0 Å². The highest BCUT2D eigenvalue weighted by Crippen LogP contribution is 2.17. The van der Waals surface area contributed by atoms with Crippen molar-refractivity contribution in [3.05, 3.63) is 29.8 Å². The van der Waals surface area contributed by atoms with Gasteiger partial charge >= 0.3 is 0 Å². The highest BCUT2D eigenvalue weighted by molar-refractivity contribution is 9.09. The largest absolute Gasteiger partial charge is 0.371 e. The Morgan fingerprint density at radius 3 is 2.19 bits per heavy atom. The molecule has 1 nitrogen and oxygen atoms in total. The Bertz CT molecular complexity index is 294. The lowest BCUT2D eigenvalue weighted by atomic mass is 10.2. The van der Waals surface area contributed by atoms with Gasteiger partial charge < -0.3 is 4.90 Å². The molecule has 0 amide bonds. The molecule has 0 bridgehead atoms. The fourth-order valence-electron chi connectivity index (χ4n) is 1.70. The SMILES string of the molecule is Cc1cccc(N(CCCBr)CCCBr)c1. The van der Waals surface area contributed by atoms with Gasteiger partial charge in [0.1, 0.15) is 0 Å². The molecule has 0 spiro atoms. The fraction of sp³-hybridized carbons (Fsp3) is 0.538. The number of benzene rings is 1. The van der Waals surface area contributed by atoms with E-state index in [1.54, 1.807) is 0 Å². The maximum absolute atomic E-state index is 3.50. The second kappa shape index (κ2) is 8.13. The summed E-state index contributed by atoms with van der Waals surface area (Å²) in [4.78, 5) is 2.47. The highest BCUT2D eigenvalue weighted by atomic mass is 79.9. The summed E-state index contributed by atoms with van der Waals surface area (Å²) in [5.41, 5.74) is 2.68. The van der Waals surface area contributed by atoms with Gasteiger partial charge in [-0.2, -0.15) is 0 Å². The summed E-state index contributed by atoms with van der Waals surface area (Å²) in [6.45, 7) is 4.40. The first kappa shape index (κ1) is 14.0. The van der Waals surface area contributed by atoms with Crippen LogP contribution in [0.1, 0.15) is 18.4 Å². The van der Waals surface area contributed by atoms with Crippen molar-refractivity contribution >= 4 is 37.5 Å². The number of halogens is 2. The van der Waals surface area contributed by atoms with Crippen molar-refractivity contribution in [2.24, 2.45) is 0 Å². The summed E-state index contributed by atoms with van der Waals surface area (Å²) < 4.78 is 0. The minimum absolute atomic E-state index is 1.07. The van der Waals surface area contributed by atoms with Gasteiger partial charge in [0.15, 0.2) is 0 Å². The molecule has 0 aliphatic rings. The van der Waals surface area contributed by atoms with E-state index in [-0.39, 0.29) is 0 Å². The number of hydrogen-bond acceptors (Lipinski definition) is 1. The number of aryl methyl sites for hydroxylation is 1. The van der Waals surface area contributed by atoms with Gasteiger partial charge in [-0.1, -0.05) is 44.0 Å². The van der Waals surface area contributed by atoms with Crippen LogP contribution in [0, 0.1) is 6.92 Å². The van der Waals surface area contributed by atoms with Gasteiger partial charge in [-0.3, -0.25) is 0 Å². The monoisotopic (exact) mass is 347 g/mol. The summed E-state index contributed by atoms with van der Waals surface area (Å²) >= 11 is 6.99. The lowest BCUT2D eigenvalue weighted by Gasteiger charge is -2.24. The molecule has 1 aromatic carbocycles. The van der Waals surface area contributed by atoms with E-state index >= 15 is 0 Å². The summed E-state index contributed by atoms with van der Waals surface area (Å²) in [5, 5.41) is 2.15. The van der Waals surface area contributed by atoms with Crippen LogP contribution in [0.4, 0.5) is 5.69 Å². The van der Waals surface area contributed by atoms with Gasteiger partial charge in [-0.15, -0.1) is 0 Å². The van der Waals surface area contributed by atoms with E-state index in [0.717, 1.165) is 23.7 Å². The molecule has 0 atom stereocenters. The molecular weight excluding hydrogens is 330 g/mol. The normalized spacial score (nSPS) is 10.4. The maximum atomic E-state index is 3.50. The Kier molecular flexibility index (Phi) is 7.13.